The maximum atomic E-state index is 9.27. The molecular weight excluding hydrogens is 306 g/mol. The predicted octanol–water partition coefficient (Wildman–Crippen LogP) is 3.03. The third-order valence-corrected chi connectivity index (χ3v) is 5.64. The van der Waals surface area contributed by atoms with Crippen molar-refractivity contribution < 1.29 is 5.11 Å². The molecule has 4 nitrogen and oxygen atoms in total. The van der Waals surface area contributed by atoms with Crippen molar-refractivity contribution in [2.24, 2.45) is 0 Å². The van der Waals surface area contributed by atoms with Crippen molar-refractivity contribution in [1.29, 1.82) is 0 Å². The van der Waals surface area contributed by atoms with Crippen LogP contribution in [0.2, 0.25) is 5.02 Å². The molecule has 0 saturated heterocycles. The molecule has 6 heteroatoms. The Labute approximate surface area is 133 Å². The van der Waals surface area contributed by atoms with Crippen molar-refractivity contribution >= 4 is 23.4 Å². The van der Waals surface area contributed by atoms with Gasteiger partial charge in [-0.15, -0.1) is 10.2 Å². The van der Waals surface area contributed by atoms with Crippen LogP contribution in [0.4, 0.5) is 0 Å². The summed E-state index contributed by atoms with van der Waals surface area (Å²) in [6.45, 7) is 3.26. The number of benzene rings is 1. The van der Waals surface area contributed by atoms with Gasteiger partial charge in [-0.2, -0.15) is 11.8 Å². The zero-order valence-corrected chi connectivity index (χ0v) is 13.5. The van der Waals surface area contributed by atoms with Crippen molar-refractivity contribution in [3.8, 4) is 11.4 Å². The molecule has 1 aliphatic heterocycles. The second-order valence-electron chi connectivity index (χ2n) is 5.52. The average Bonchev–Trinajstić information content (AvgIpc) is 2.74. The van der Waals surface area contributed by atoms with Crippen molar-refractivity contribution in [3.05, 3.63) is 35.1 Å². The molecule has 0 bridgehead atoms. The predicted molar refractivity (Wildman–Crippen MR) is 86.7 cm³/mol. The minimum atomic E-state index is 0.0216. The van der Waals surface area contributed by atoms with Crippen LogP contribution in [-0.4, -0.2) is 37.0 Å². The number of aromatic nitrogens is 3. The summed E-state index contributed by atoms with van der Waals surface area (Å²) in [4.78, 5) is 0. The largest absolute Gasteiger partial charge is 0.396 e. The Hall–Kier alpha value is -1.04. The highest BCUT2D eigenvalue weighted by atomic mass is 35.5. The van der Waals surface area contributed by atoms with Gasteiger partial charge in [0.05, 0.1) is 5.02 Å². The summed E-state index contributed by atoms with van der Waals surface area (Å²) in [5.74, 6) is 2.80. The molecule has 0 fully saturated rings. The highest BCUT2D eigenvalue weighted by Gasteiger charge is 2.31. The van der Waals surface area contributed by atoms with Crippen LogP contribution >= 0.6 is 23.4 Å². The molecule has 3 rings (SSSR count). The van der Waals surface area contributed by atoms with Crippen molar-refractivity contribution in [2.45, 2.75) is 31.1 Å². The first-order valence-corrected chi connectivity index (χ1v) is 8.41. The summed E-state index contributed by atoms with van der Waals surface area (Å²) < 4.78 is 2.19. The third-order valence-electron chi connectivity index (χ3n) is 3.88. The number of aliphatic hydroxyl groups excluding tert-OH is 1. The van der Waals surface area contributed by atoms with Crippen molar-refractivity contribution in [3.63, 3.8) is 0 Å². The molecule has 0 saturated carbocycles. The highest BCUT2D eigenvalue weighted by Crippen LogP contribution is 2.36. The molecule has 2 heterocycles. The Kier molecular flexibility index (Phi) is 4.24. The Morgan fingerprint density at radius 1 is 1.38 bits per heavy atom. The van der Waals surface area contributed by atoms with E-state index < -0.39 is 0 Å². The van der Waals surface area contributed by atoms with Gasteiger partial charge in [0.1, 0.15) is 5.82 Å². The molecule has 0 radical (unpaired) electrons. The van der Waals surface area contributed by atoms with E-state index in [4.69, 9.17) is 11.6 Å². The number of hydrogen-bond donors (Lipinski definition) is 1. The van der Waals surface area contributed by atoms with E-state index in [0.717, 1.165) is 42.4 Å². The summed E-state index contributed by atoms with van der Waals surface area (Å²) >= 11 is 8.18. The van der Waals surface area contributed by atoms with Gasteiger partial charge < -0.3 is 9.67 Å². The smallest absolute Gasteiger partial charge is 0.165 e. The second kappa shape index (κ2) is 5.99. The molecule has 112 valence electrons. The molecular formula is C15H18ClN3OS. The molecule has 1 aromatic carbocycles. The Morgan fingerprint density at radius 2 is 2.19 bits per heavy atom. The Morgan fingerprint density at radius 3 is 2.95 bits per heavy atom. The lowest BCUT2D eigenvalue weighted by Gasteiger charge is -2.25. The van der Waals surface area contributed by atoms with Crippen LogP contribution in [0.3, 0.4) is 0 Å². The molecule has 1 aliphatic rings. The van der Waals surface area contributed by atoms with E-state index in [-0.39, 0.29) is 11.4 Å². The van der Waals surface area contributed by atoms with Gasteiger partial charge in [0.2, 0.25) is 0 Å². The van der Waals surface area contributed by atoms with Gasteiger partial charge in [-0.3, -0.25) is 0 Å². The zero-order valence-electron chi connectivity index (χ0n) is 11.9. The molecule has 21 heavy (non-hydrogen) atoms. The molecule has 1 atom stereocenters. The molecule has 0 spiro atoms. The molecule has 1 N–H and O–H groups in total. The first-order chi connectivity index (χ1) is 10.1. The fourth-order valence-electron chi connectivity index (χ4n) is 2.71. The molecule has 1 aromatic heterocycles. The van der Waals surface area contributed by atoms with Crippen LogP contribution in [0, 0.1) is 0 Å². The SMILES string of the molecule is CC1(CCO)Cc2nnc(-c3ccccc3Cl)n2CCS1. The Balaban J connectivity index is 1.99. The van der Waals surface area contributed by atoms with E-state index in [2.05, 4.69) is 21.7 Å². The average molecular weight is 324 g/mol. The van der Waals surface area contributed by atoms with Crippen molar-refractivity contribution in [1.82, 2.24) is 14.8 Å². The van der Waals surface area contributed by atoms with Crippen LogP contribution in [-0.2, 0) is 13.0 Å². The maximum absolute atomic E-state index is 9.27. The maximum Gasteiger partial charge on any atom is 0.165 e. The number of aliphatic hydroxyl groups is 1. The number of hydrogen-bond acceptors (Lipinski definition) is 4. The fraction of sp³-hybridized carbons (Fsp3) is 0.467. The van der Waals surface area contributed by atoms with Crippen LogP contribution < -0.4 is 0 Å². The van der Waals surface area contributed by atoms with Gasteiger partial charge in [0, 0.05) is 35.6 Å². The summed E-state index contributed by atoms with van der Waals surface area (Å²) in [5.41, 5.74) is 0.925. The van der Waals surface area contributed by atoms with Gasteiger partial charge >= 0.3 is 0 Å². The number of rotatable bonds is 3. The van der Waals surface area contributed by atoms with E-state index in [1.165, 1.54) is 0 Å². The second-order valence-corrected chi connectivity index (χ2v) is 7.61. The fourth-order valence-corrected chi connectivity index (χ4v) is 4.16. The third kappa shape index (κ3) is 2.96. The van der Waals surface area contributed by atoms with E-state index in [9.17, 15) is 5.11 Å². The van der Waals surface area contributed by atoms with Gasteiger partial charge in [0.15, 0.2) is 5.82 Å². The minimum Gasteiger partial charge on any atom is -0.396 e. The van der Waals surface area contributed by atoms with Gasteiger partial charge in [0.25, 0.3) is 0 Å². The zero-order chi connectivity index (χ0) is 14.9. The summed E-state index contributed by atoms with van der Waals surface area (Å²) in [6.07, 6.45) is 1.58. The van der Waals surface area contributed by atoms with E-state index in [1.54, 1.807) is 0 Å². The van der Waals surface area contributed by atoms with Crippen molar-refractivity contribution in [2.75, 3.05) is 12.4 Å². The standard InChI is InChI=1S/C15H18ClN3OS/c1-15(6-8-20)10-13-17-18-14(19(13)7-9-21-15)11-4-2-3-5-12(11)16/h2-5,20H,6-10H2,1H3. The highest BCUT2D eigenvalue weighted by molar-refractivity contribution is 8.00. The van der Waals surface area contributed by atoms with Gasteiger partial charge in [-0.1, -0.05) is 23.7 Å². The number of fused-ring (bicyclic) bond motifs is 1. The number of halogens is 1. The molecule has 0 amide bonds. The van der Waals surface area contributed by atoms with E-state index >= 15 is 0 Å². The lowest BCUT2D eigenvalue weighted by atomic mass is 10.0. The normalized spacial score (nSPS) is 21.9. The molecule has 0 aliphatic carbocycles. The summed E-state index contributed by atoms with van der Waals surface area (Å²) in [5, 5.41) is 18.7. The monoisotopic (exact) mass is 323 g/mol. The number of nitrogens with zero attached hydrogens (tertiary/aromatic N) is 3. The van der Waals surface area contributed by atoms with Crippen LogP contribution in [0.5, 0.6) is 0 Å². The lowest BCUT2D eigenvalue weighted by Crippen LogP contribution is -2.25. The van der Waals surface area contributed by atoms with E-state index in [0.29, 0.717) is 5.02 Å². The van der Waals surface area contributed by atoms with Gasteiger partial charge in [-0.25, -0.2) is 0 Å². The minimum absolute atomic E-state index is 0.0216. The van der Waals surface area contributed by atoms with Gasteiger partial charge in [-0.05, 0) is 25.5 Å². The first-order valence-electron chi connectivity index (χ1n) is 7.05. The topological polar surface area (TPSA) is 50.9 Å². The van der Waals surface area contributed by atoms with Crippen LogP contribution in [0.15, 0.2) is 24.3 Å². The van der Waals surface area contributed by atoms with E-state index in [1.807, 2.05) is 36.0 Å². The summed E-state index contributed by atoms with van der Waals surface area (Å²) in [7, 11) is 0. The molecule has 2 aromatic rings. The number of thioether (sulfide) groups is 1. The Bertz CT molecular complexity index is 646. The van der Waals surface area contributed by atoms with Crippen LogP contribution in [0.1, 0.15) is 19.2 Å². The lowest BCUT2D eigenvalue weighted by molar-refractivity contribution is 0.270. The molecule has 1 unspecified atom stereocenters. The summed E-state index contributed by atoms with van der Waals surface area (Å²) in [6, 6.07) is 7.73. The first kappa shape index (κ1) is 14.9. The quantitative estimate of drug-likeness (QED) is 0.943. The van der Waals surface area contributed by atoms with Crippen LogP contribution in [0.25, 0.3) is 11.4 Å².